The standard InChI is InChI=1S/C28H22F2N6O3/c1-16-33-12-19(34-16)11-21-20-6-4-17(10-25(20)35-27(21)38)3-2-8-32-26(37)22-13-31-15-36(28(22)39)14-18-5-7-23(29)24(30)9-18/h2-7,9-13,15H,8,14H2,1H3,(H,32,37)(H,33,34)(H,35,38). The van der Waals surface area contributed by atoms with E-state index in [1.165, 1.54) is 12.4 Å². The molecule has 0 bridgehead atoms. The van der Waals surface area contributed by atoms with Gasteiger partial charge in [-0.25, -0.2) is 18.7 Å². The van der Waals surface area contributed by atoms with Crippen LogP contribution in [0.1, 0.15) is 38.6 Å². The molecule has 196 valence electrons. The highest BCUT2D eigenvalue weighted by molar-refractivity contribution is 6.34. The fourth-order valence-corrected chi connectivity index (χ4v) is 4.11. The third kappa shape index (κ3) is 5.57. The highest BCUT2D eigenvalue weighted by atomic mass is 19.2. The Morgan fingerprint density at radius 2 is 1.97 bits per heavy atom. The smallest absolute Gasteiger partial charge is 0.266 e. The molecular formula is C28H22F2N6O3. The molecule has 2 amide bonds. The second-order valence-electron chi connectivity index (χ2n) is 8.83. The first-order valence-corrected chi connectivity index (χ1v) is 11.9. The molecule has 3 heterocycles. The number of carbonyl (C=O) groups excluding carboxylic acids is 2. The van der Waals surface area contributed by atoms with E-state index in [1.807, 2.05) is 25.1 Å². The summed E-state index contributed by atoms with van der Waals surface area (Å²) in [7, 11) is 0. The zero-order chi connectivity index (χ0) is 27.5. The van der Waals surface area contributed by atoms with Gasteiger partial charge in [0.1, 0.15) is 11.4 Å². The lowest BCUT2D eigenvalue weighted by Gasteiger charge is -2.08. The molecule has 1 aliphatic heterocycles. The molecule has 39 heavy (non-hydrogen) atoms. The summed E-state index contributed by atoms with van der Waals surface area (Å²) in [5.74, 6) is -2.10. The second-order valence-corrected chi connectivity index (χ2v) is 8.83. The zero-order valence-corrected chi connectivity index (χ0v) is 20.7. The largest absolute Gasteiger partial charge is 0.348 e. The molecule has 0 fully saturated rings. The zero-order valence-electron chi connectivity index (χ0n) is 20.7. The number of rotatable bonds is 7. The molecule has 0 atom stereocenters. The number of nitrogens with zero attached hydrogens (tertiary/aromatic N) is 3. The number of H-pyrrole nitrogens is 1. The van der Waals surface area contributed by atoms with Gasteiger partial charge in [-0.3, -0.25) is 19.0 Å². The van der Waals surface area contributed by atoms with Gasteiger partial charge in [0.05, 0.1) is 24.1 Å². The van der Waals surface area contributed by atoms with Crippen molar-refractivity contribution >= 4 is 35.2 Å². The first kappa shape index (κ1) is 25.5. The Hall–Kier alpha value is -5.19. The third-order valence-corrected chi connectivity index (χ3v) is 6.02. The molecule has 0 saturated heterocycles. The Morgan fingerprint density at radius 1 is 1.13 bits per heavy atom. The topological polar surface area (TPSA) is 122 Å². The number of aromatic amines is 1. The molecule has 4 aromatic rings. The number of hydrogen-bond donors (Lipinski definition) is 3. The number of nitrogens with one attached hydrogen (secondary N) is 3. The summed E-state index contributed by atoms with van der Waals surface area (Å²) in [5, 5.41) is 5.48. The predicted octanol–water partition coefficient (Wildman–Crippen LogP) is 3.54. The van der Waals surface area contributed by atoms with Gasteiger partial charge in [0.2, 0.25) is 0 Å². The Bertz CT molecular complexity index is 1720. The number of anilines is 1. The number of aryl methyl sites for hydroxylation is 1. The summed E-state index contributed by atoms with van der Waals surface area (Å²) in [5.41, 5.74) is 2.97. The molecule has 0 radical (unpaired) electrons. The van der Waals surface area contributed by atoms with Crippen LogP contribution in [-0.4, -0.2) is 37.9 Å². The maximum absolute atomic E-state index is 13.5. The summed E-state index contributed by atoms with van der Waals surface area (Å²) in [6, 6.07) is 8.81. The lowest BCUT2D eigenvalue weighted by Crippen LogP contribution is -2.33. The number of benzene rings is 2. The van der Waals surface area contributed by atoms with Crippen molar-refractivity contribution < 1.29 is 18.4 Å². The van der Waals surface area contributed by atoms with Crippen LogP contribution in [-0.2, 0) is 11.3 Å². The van der Waals surface area contributed by atoms with Gasteiger partial charge in [-0.2, -0.15) is 0 Å². The number of amides is 2. The molecule has 5 rings (SSSR count). The molecule has 2 aromatic heterocycles. The molecule has 2 aromatic carbocycles. The quantitative estimate of drug-likeness (QED) is 0.317. The molecule has 0 aliphatic carbocycles. The number of imidazole rings is 1. The van der Waals surface area contributed by atoms with E-state index in [2.05, 4.69) is 25.6 Å². The van der Waals surface area contributed by atoms with Crippen molar-refractivity contribution in [3.63, 3.8) is 0 Å². The van der Waals surface area contributed by atoms with Gasteiger partial charge in [-0.1, -0.05) is 30.4 Å². The Morgan fingerprint density at radius 3 is 2.74 bits per heavy atom. The van der Waals surface area contributed by atoms with Crippen LogP contribution in [0.15, 0.2) is 66.0 Å². The van der Waals surface area contributed by atoms with Crippen LogP contribution in [0.3, 0.4) is 0 Å². The lowest BCUT2D eigenvalue weighted by atomic mass is 10.0. The van der Waals surface area contributed by atoms with Crippen LogP contribution in [0.5, 0.6) is 0 Å². The van der Waals surface area contributed by atoms with E-state index in [9.17, 15) is 23.2 Å². The minimum atomic E-state index is -1.03. The van der Waals surface area contributed by atoms with Gasteiger partial charge < -0.3 is 15.6 Å². The Labute approximate surface area is 220 Å². The van der Waals surface area contributed by atoms with E-state index >= 15 is 0 Å². The minimum Gasteiger partial charge on any atom is -0.348 e. The van der Waals surface area contributed by atoms with Gasteiger partial charge in [0.15, 0.2) is 11.6 Å². The normalized spacial score (nSPS) is 13.6. The van der Waals surface area contributed by atoms with Gasteiger partial charge >= 0.3 is 0 Å². The average Bonchev–Trinajstić information content (AvgIpc) is 3.46. The molecule has 9 nitrogen and oxygen atoms in total. The summed E-state index contributed by atoms with van der Waals surface area (Å²) in [6.07, 6.45) is 9.31. The Balaban J connectivity index is 1.22. The number of hydrogen-bond acceptors (Lipinski definition) is 5. The van der Waals surface area contributed by atoms with Crippen molar-refractivity contribution in [3.8, 4) is 0 Å². The highest BCUT2D eigenvalue weighted by Crippen LogP contribution is 2.33. The van der Waals surface area contributed by atoms with E-state index in [1.54, 1.807) is 24.4 Å². The van der Waals surface area contributed by atoms with Crippen molar-refractivity contribution in [1.29, 1.82) is 0 Å². The average molecular weight is 529 g/mol. The monoisotopic (exact) mass is 528 g/mol. The number of carbonyl (C=O) groups is 2. The molecule has 11 heteroatoms. The number of aromatic nitrogens is 4. The van der Waals surface area contributed by atoms with Crippen LogP contribution in [0.4, 0.5) is 14.5 Å². The van der Waals surface area contributed by atoms with Crippen LogP contribution in [0.2, 0.25) is 0 Å². The first-order chi connectivity index (χ1) is 18.8. The minimum absolute atomic E-state index is 0.0723. The van der Waals surface area contributed by atoms with Crippen LogP contribution in [0, 0.1) is 18.6 Å². The summed E-state index contributed by atoms with van der Waals surface area (Å²) >= 11 is 0. The predicted molar refractivity (Wildman–Crippen MR) is 142 cm³/mol. The van der Waals surface area contributed by atoms with Crippen molar-refractivity contribution in [3.05, 3.63) is 117 Å². The van der Waals surface area contributed by atoms with Crippen LogP contribution >= 0.6 is 0 Å². The van der Waals surface area contributed by atoms with E-state index in [-0.39, 0.29) is 24.6 Å². The number of fused-ring (bicyclic) bond motifs is 1. The molecule has 0 saturated carbocycles. The SMILES string of the molecule is Cc1nc(C=C2C(=O)Nc3cc(C=CCNC(=O)c4cncn(Cc5ccc(F)c(F)c5)c4=O)ccc32)c[nH]1. The van der Waals surface area contributed by atoms with E-state index < -0.39 is 23.1 Å². The first-order valence-electron chi connectivity index (χ1n) is 11.9. The van der Waals surface area contributed by atoms with Crippen LogP contribution < -0.4 is 16.2 Å². The number of halogens is 2. The van der Waals surface area contributed by atoms with Gasteiger partial charge in [0, 0.05) is 30.2 Å². The molecule has 1 aliphatic rings. The fraction of sp³-hybridized carbons (Fsp3) is 0.107. The molecular weight excluding hydrogens is 506 g/mol. The lowest BCUT2D eigenvalue weighted by molar-refractivity contribution is -0.110. The fourth-order valence-electron chi connectivity index (χ4n) is 4.11. The maximum atomic E-state index is 13.5. The van der Waals surface area contributed by atoms with E-state index in [4.69, 9.17) is 0 Å². The maximum Gasteiger partial charge on any atom is 0.266 e. The summed E-state index contributed by atoms with van der Waals surface area (Å²) < 4.78 is 27.8. The van der Waals surface area contributed by atoms with E-state index in [0.29, 0.717) is 22.5 Å². The Kier molecular flexibility index (Phi) is 6.96. The van der Waals surface area contributed by atoms with E-state index in [0.717, 1.165) is 39.8 Å². The van der Waals surface area contributed by atoms with Gasteiger partial charge in [-0.15, -0.1) is 0 Å². The third-order valence-electron chi connectivity index (χ3n) is 6.02. The van der Waals surface area contributed by atoms with Crippen LogP contribution in [0.25, 0.3) is 17.7 Å². The summed E-state index contributed by atoms with van der Waals surface area (Å²) in [6.45, 7) is 1.89. The highest BCUT2D eigenvalue weighted by Gasteiger charge is 2.24. The molecule has 3 N–H and O–H groups in total. The van der Waals surface area contributed by atoms with Gasteiger partial charge in [-0.05, 0) is 42.3 Å². The second kappa shape index (κ2) is 10.7. The van der Waals surface area contributed by atoms with Crippen molar-refractivity contribution in [2.24, 2.45) is 0 Å². The van der Waals surface area contributed by atoms with Crippen molar-refractivity contribution in [1.82, 2.24) is 24.8 Å². The van der Waals surface area contributed by atoms with Crippen molar-refractivity contribution in [2.45, 2.75) is 13.5 Å². The molecule has 0 spiro atoms. The van der Waals surface area contributed by atoms with Crippen molar-refractivity contribution in [2.75, 3.05) is 11.9 Å². The summed E-state index contributed by atoms with van der Waals surface area (Å²) in [4.78, 5) is 49.0. The van der Waals surface area contributed by atoms with Gasteiger partial charge in [0.25, 0.3) is 17.4 Å². The molecule has 0 unspecified atom stereocenters.